The van der Waals surface area contributed by atoms with E-state index in [1.54, 1.807) is 0 Å². The topological polar surface area (TPSA) is 29.9 Å². The molecule has 1 aliphatic rings. The molecule has 3 unspecified atom stereocenters. The van der Waals surface area contributed by atoms with Gasteiger partial charge in [0, 0.05) is 7.05 Å². The van der Waals surface area contributed by atoms with Crippen molar-refractivity contribution in [2.75, 3.05) is 13.1 Å². The lowest BCUT2D eigenvalue weighted by atomic mass is 9.72. The Labute approximate surface area is 134 Å². The Morgan fingerprint density at radius 1 is 1.33 bits per heavy atom. The second-order valence-electron chi connectivity index (χ2n) is 6.82. The Morgan fingerprint density at radius 2 is 2.10 bits per heavy atom. The van der Waals surface area contributed by atoms with Crippen molar-refractivity contribution in [1.29, 1.82) is 0 Å². The van der Waals surface area contributed by atoms with Crippen molar-refractivity contribution in [3.63, 3.8) is 0 Å². The number of nitrogens with zero attached hydrogens (tertiary/aromatic N) is 2. The van der Waals surface area contributed by atoms with E-state index in [1.807, 2.05) is 18.7 Å². The first kappa shape index (κ1) is 16.8. The van der Waals surface area contributed by atoms with Crippen LogP contribution in [0.25, 0.3) is 0 Å². The maximum Gasteiger partial charge on any atom is 0.0847 e. The highest BCUT2D eigenvalue weighted by molar-refractivity contribution is 6.31. The fourth-order valence-corrected chi connectivity index (χ4v) is 3.93. The number of rotatable bonds is 6. The molecule has 1 aromatic heterocycles. The van der Waals surface area contributed by atoms with Crippen LogP contribution >= 0.6 is 11.6 Å². The molecule has 0 aromatic carbocycles. The minimum Gasteiger partial charge on any atom is -0.316 e. The van der Waals surface area contributed by atoms with Gasteiger partial charge in [-0.15, -0.1) is 0 Å². The average molecular weight is 312 g/mol. The van der Waals surface area contributed by atoms with Gasteiger partial charge in [0.05, 0.1) is 16.4 Å². The maximum absolute atomic E-state index is 6.45. The van der Waals surface area contributed by atoms with Crippen molar-refractivity contribution < 1.29 is 0 Å². The minimum atomic E-state index is 0.727. The van der Waals surface area contributed by atoms with E-state index in [1.165, 1.54) is 31.4 Å². The SMILES string of the molecule is CCCNCC1CCC(C)CC1Cc1c(Cl)c(C)nn1C. The lowest BCUT2D eigenvalue weighted by Crippen LogP contribution is -2.34. The number of nitrogens with one attached hydrogen (secondary N) is 1. The number of halogens is 1. The number of aryl methyl sites for hydroxylation is 2. The van der Waals surface area contributed by atoms with E-state index in [2.05, 4.69) is 24.3 Å². The smallest absolute Gasteiger partial charge is 0.0847 e. The van der Waals surface area contributed by atoms with E-state index in [0.29, 0.717) is 0 Å². The van der Waals surface area contributed by atoms with Crippen LogP contribution in [0, 0.1) is 24.7 Å². The highest BCUT2D eigenvalue weighted by Gasteiger charge is 2.30. The molecule has 4 heteroatoms. The van der Waals surface area contributed by atoms with Gasteiger partial charge in [-0.05, 0) is 63.5 Å². The standard InChI is InChI=1S/C17H30ClN3/c1-5-8-19-11-14-7-6-12(2)9-15(14)10-16-17(18)13(3)20-21(16)4/h12,14-15,19H,5-11H2,1-4H3. The van der Waals surface area contributed by atoms with Gasteiger partial charge in [0.15, 0.2) is 0 Å². The second kappa shape index (κ2) is 7.64. The summed E-state index contributed by atoms with van der Waals surface area (Å²) in [7, 11) is 2.02. The van der Waals surface area contributed by atoms with E-state index in [9.17, 15) is 0 Å². The second-order valence-corrected chi connectivity index (χ2v) is 7.19. The first-order chi connectivity index (χ1) is 10.0. The molecule has 3 nitrogen and oxygen atoms in total. The van der Waals surface area contributed by atoms with Crippen LogP contribution in [0.2, 0.25) is 5.02 Å². The van der Waals surface area contributed by atoms with Gasteiger partial charge in [-0.25, -0.2) is 0 Å². The van der Waals surface area contributed by atoms with Gasteiger partial charge in [-0.3, -0.25) is 4.68 Å². The van der Waals surface area contributed by atoms with Crippen LogP contribution < -0.4 is 5.32 Å². The fourth-order valence-electron chi connectivity index (χ4n) is 3.69. The summed E-state index contributed by atoms with van der Waals surface area (Å²) in [5.74, 6) is 2.34. The van der Waals surface area contributed by atoms with Gasteiger partial charge in [0.25, 0.3) is 0 Å². The van der Waals surface area contributed by atoms with E-state index >= 15 is 0 Å². The molecule has 0 saturated heterocycles. The largest absolute Gasteiger partial charge is 0.316 e. The first-order valence-corrected chi connectivity index (χ1v) is 8.79. The monoisotopic (exact) mass is 311 g/mol. The Balaban J connectivity index is 2.05. The normalized spacial score (nSPS) is 26.2. The van der Waals surface area contributed by atoms with E-state index < -0.39 is 0 Å². The summed E-state index contributed by atoms with van der Waals surface area (Å²) in [5, 5.41) is 8.95. The highest BCUT2D eigenvalue weighted by Crippen LogP contribution is 2.37. The van der Waals surface area contributed by atoms with Gasteiger partial charge in [0.2, 0.25) is 0 Å². The summed E-state index contributed by atoms with van der Waals surface area (Å²) >= 11 is 6.45. The molecule has 0 amide bonds. The van der Waals surface area contributed by atoms with Gasteiger partial charge >= 0.3 is 0 Å². The molecule has 1 heterocycles. The zero-order chi connectivity index (χ0) is 15.4. The van der Waals surface area contributed by atoms with Crippen LogP contribution in [0.1, 0.15) is 50.9 Å². The molecule has 0 spiro atoms. The highest BCUT2D eigenvalue weighted by atomic mass is 35.5. The molecule has 21 heavy (non-hydrogen) atoms. The number of hydrogen-bond acceptors (Lipinski definition) is 2. The Hall–Kier alpha value is -0.540. The Bertz CT molecular complexity index is 455. The predicted octanol–water partition coefficient (Wildman–Crippen LogP) is 3.98. The van der Waals surface area contributed by atoms with Crippen molar-refractivity contribution in [2.45, 2.75) is 52.9 Å². The van der Waals surface area contributed by atoms with Crippen LogP contribution in [0.4, 0.5) is 0 Å². The lowest BCUT2D eigenvalue weighted by molar-refractivity contribution is 0.181. The molecule has 0 bridgehead atoms. The lowest BCUT2D eigenvalue weighted by Gasteiger charge is -2.35. The third-order valence-corrected chi connectivity index (χ3v) is 5.44. The molecule has 2 rings (SSSR count). The molecular weight excluding hydrogens is 282 g/mol. The van der Waals surface area contributed by atoms with Gasteiger partial charge < -0.3 is 5.32 Å². The zero-order valence-electron chi connectivity index (χ0n) is 14.0. The Morgan fingerprint density at radius 3 is 2.71 bits per heavy atom. The minimum absolute atomic E-state index is 0.727. The van der Waals surface area contributed by atoms with Gasteiger partial charge in [-0.2, -0.15) is 5.10 Å². The van der Waals surface area contributed by atoms with Crippen molar-refractivity contribution >= 4 is 11.6 Å². The van der Waals surface area contributed by atoms with Crippen molar-refractivity contribution in [1.82, 2.24) is 15.1 Å². The van der Waals surface area contributed by atoms with Crippen LogP contribution in [-0.2, 0) is 13.5 Å². The van der Waals surface area contributed by atoms with Crippen LogP contribution in [-0.4, -0.2) is 22.9 Å². The van der Waals surface area contributed by atoms with E-state index in [-0.39, 0.29) is 0 Å². The summed E-state index contributed by atoms with van der Waals surface area (Å²) in [6.07, 6.45) is 6.31. The van der Waals surface area contributed by atoms with Crippen molar-refractivity contribution in [2.24, 2.45) is 24.8 Å². The molecule has 0 aliphatic heterocycles. The van der Waals surface area contributed by atoms with E-state index in [0.717, 1.165) is 48.0 Å². The summed E-state index contributed by atoms with van der Waals surface area (Å²) in [6, 6.07) is 0. The molecular formula is C17H30ClN3. The van der Waals surface area contributed by atoms with Crippen molar-refractivity contribution in [3.8, 4) is 0 Å². The van der Waals surface area contributed by atoms with Gasteiger partial charge in [-0.1, -0.05) is 31.9 Å². The first-order valence-electron chi connectivity index (χ1n) is 8.41. The van der Waals surface area contributed by atoms with Gasteiger partial charge in [0.1, 0.15) is 0 Å². The molecule has 3 atom stereocenters. The number of aromatic nitrogens is 2. The third kappa shape index (κ3) is 4.23. The molecule has 1 saturated carbocycles. The van der Waals surface area contributed by atoms with E-state index in [4.69, 9.17) is 11.6 Å². The third-order valence-electron chi connectivity index (χ3n) is 4.95. The summed E-state index contributed by atoms with van der Waals surface area (Å²) < 4.78 is 1.98. The predicted molar refractivity (Wildman–Crippen MR) is 89.8 cm³/mol. The quantitative estimate of drug-likeness (QED) is 0.805. The molecule has 1 aliphatic carbocycles. The Kier molecular flexibility index (Phi) is 6.12. The number of hydrogen-bond donors (Lipinski definition) is 1. The summed E-state index contributed by atoms with van der Waals surface area (Å²) in [5.41, 5.74) is 2.17. The summed E-state index contributed by atoms with van der Waals surface area (Å²) in [6.45, 7) is 8.89. The molecule has 0 radical (unpaired) electrons. The van der Waals surface area contributed by atoms with Crippen LogP contribution in [0.15, 0.2) is 0 Å². The average Bonchev–Trinajstić information content (AvgIpc) is 2.68. The fraction of sp³-hybridized carbons (Fsp3) is 0.824. The maximum atomic E-state index is 6.45. The summed E-state index contributed by atoms with van der Waals surface area (Å²) in [4.78, 5) is 0. The molecule has 120 valence electrons. The zero-order valence-corrected chi connectivity index (χ0v) is 14.7. The van der Waals surface area contributed by atoms with Crippen molar-refractivity contribution in [3.05, 3.63) is 16.4 Å². The van der Waals surface area contributed by atoms with Crippen LogP contribution in [0.3, 0.4) is 0 Å². The van der Waals surface area contributed by atoms with Crippen LogP contribution in [0.5, 0.6) is 0 Å². The molecule has 1 fully saturated rings. The molecule has 1 aromatic rings. The molecule has 1 N–H and O–H groups in total.